The Labute approximate surface area is 164 Å². The molecule has 1 aromatic heterocycles. The highest BCUT2D eigenvalue weighted by atomic mass is 16.5. The van der Waals surface area contributed by atoms with Crippen molar-refractivity contribution in [2.24, 2.45) is 0 Å². The van der Waals surface area contributed by atoms with E-state index in [4.69, 9.17) is 4.74 Å². The molecular formula is C21H27N4O3+. The molecule has 0 saturated carbocycles. The van der Waals surface area contributed by atoms with E-state index in [0.717, 1.165) is 55.9 Å². The van der Waals surface area contributed by atoms with Gasteiger partial charge in [-0.15, -0.1) is 0 Å². The highest BCUT2D eigenvalue weighted by Crippen LogP contribution is 2.41. The Morgan fingerprint density at radius 2 is 2.00 bits per heavy atom. The SMILES string of the molecule is C[C@]12C(=O)N(CC[NH+]3CCOCC3)CC(=O)N1CCc1c2[nH]c2ccccc12. The lowest BCUT2D eigenvalue weighted by molar-refractivity contribution is -0.907. The minimum absolute atomic E-state index is 0.0345. The van der Waals surface area contributed by atoms with Crippen molar-refractivity contribution in [1.29, 1.82) is 0 Å². The van der Waals surface area contributed by atoms with E-state index >= 15 is 0 Å². The van der Waals surface area contributed by atoms with Crippen molar-refractivity contribution in [3.05, 3.63) is 35.5 Å². The molecule has 0 unspecified atom stereocenters. The fourth-order valence-corrected chi connectivity index (χ4v) is 5.07. The van der Waals surface area contributed by atoms with E-state index in [9.17, 15) is 9.59 Å². The largest absolute Gasteiger partial charge is 0.370 e. The zero-order chi connectivity index (χ0) is 19.3. The summed E-state index contributed by atoms with van der Waals surface area (Å²) in [5.74, 6) is 0.0793. The molecule has 28 heavy (non-hydrogen) atoms. The highest BCUT2D eigenvalue weighted by Gasteiger charge is 2.54. The number of hydrogen-bond donors (Lipinski definition) is 2. The number of quaternary nitrogens is 1. The van der Waals surface area contributed by atoms with Gasteiger partial charge in [-0.3, -0.25) is 9.59 Å². The molecule has 7 nitrogen and oxygen atoms in total. The quantitative estimate of drug-likeness (QED) is 0.753. The normalized spacial score (nSPS) is 25.9. The summed E-state index contributed by atoms with van der Waals surface area (Å²) in [5, 5.41) is 1.16. The maximum atomic E-state index is 13.6. The average Bonchev–Trinajstić information content (AvgIpc) is 3.11. The number of nitrogens with one attached hydrogen (secondary N) is 2. The second-order valence-corrected chi connectivity index (χ2v) is 8.23. The van der Waals surface area contributed by atoms with Crippen LogP contribution in [-0.4, -0.2) is 79.1 Å². The van der Waals surface area contributed by atoms with Gasteiger partial charge in [-0.25, -0.2) is 0 Å². The Morgan fingerprint density at radius 1 is 1.21 bits per heavy atom. The predicted octanol–water partition coefficient (Wildman–Crippen LogP) is -0.475. The third-order valence-electron chi connectivity index (χ3n) is 6.69. The Morgan fingerprint density at radius 3 is 2.82 bits per heavy atom. The number of amides is 2. The number of benzene rings is 1. The number of morpholine rings is 1. The topological polar surface area (TPSA) is 70.1 Å². The summed E-state index contributed by atoms with van der Waals surface area (Å²) < 4.78 is 5.42. The van der Waals surface area contributed by atoms with Crippen LogP contribution >= 0.6 is 0 Å². The smallest absolute Gasteiger partial charge is 0.255 e. The number of carbonyl (C=O) groups excluding carboxylic acids is 2. The van der Waals surface area contributed by atoms with Crippen LogP contribution in [0, 0.1) is 0 Å². The number of carbonyl (C=O) groups is 2. The van der Waals surface area contributed by atoms with Crippen LogP contribution in [0.4, 0.5) is 0 Å². The van der Waals surface area contributed by atoms with Gasteiger partial charge in [0.15, 0.2) is 5.54 Å². The number of H-pyrrole nitrogens is 1. The van der Waals surface area contributed by atoms with Gasteiger partial charge in [-0.05, 0) is 25.0 Å². The maximum absolute atomic E-state index is 13.6. The first-order valence-corrected chi connectivity index (χ1v) is 10.2. The van der Waals surface area contributed by atoms with Gasteiger partial charge in [0.25, 0.3) is 5.91 Å². The molecule has 3 aliphatic heterocycles. The van der Waals surface area contributed by atoms with Gasteiger partial charge in [0.05, 0.1) is 32.0 Å². The van der Waals surface area contributed by atoms with Gasteiger partial charge in [-0.1, -0.05) is 18.2 Å². The van der Waals surface area contributed by atoms with E-state index in [2.05, 4.69) is 11.1 Å². The van der Waals surface area contributed by atoms with E-state index in [1.807, 2.05) is 25.1 Å². The molecule has 2 amide bonds. The summed E-state index contributed by atoms with van der Waals surface area (Å²) >= 11 is 0. The van der Waals surface area contributed by atoms with Gasteiger partial charge < -0.3 is 24.4 Å². The first-order valence-electron chi connectivity index (χ1n) is 10.2. The molecule has 0 aliphatic carbocycles. The third-order valence-corrected chi connectivity index (χ3v) is 6.69. The molecule has 7 heteroatoms. The number of nitrogens with zero attached hydrogens (tertiary/aromatic N) is 2. The van der Waals surface area contributed by atoms with Crippen molar-refractivity contribution in [3.63, 3.8) is 0 Å². The van der Waals surface area contributed by atoms with Crippen LogP contribution in [0.15, 0.2) is 24.3 Å². The fourth-order valence-electron chi connectivity index (χ4n) is 5.07. The monoisotopic (exact) mass is 383 g/mol. The summed E-state index contributed by atoms with van der Waals surface area (Å²) in [6.07, 6.45) is 0.784. The van der Waals surface area contributed by atoms with E-state index in [1.165, 1.54) is 10.5 Å². The average molecular weight is 383 g/mol. The minimum Gasteiger partial charge on any atom is -0.370 e. The van der Waals surface area contributed by atoms with Crippen LogP contribution < -0.4 is 4.90 Å². The molecule has 5 rings (SSSR count). The zero-order valence-corrected chi connectivity index (χ0v) is 16.3. The van der Waals surface area contributed by atoms with Crippen LogP contribution in [0.3, 0.4) is 0 Å². The Kier molecular flexibility index (Phi) is 4.17. The maximum Gasteiger partial charge on any atom is 0.255 e. The molecule has 0 spiro atoms. The molecule has 2 aromatic rings. The van der Waals surface area contributed by atoms with Gasteiger partial charge in [0, 0.05) is 17.4 Å². The van der Waals surface area contributed by atoms with E-state index < -0.39 is 5.54 Å². The number of hydrogen-bond acceptors (Lipinski definition) is 3. The third kappa shape index (κ3) is 2.57. The summed E-state index contributed by atoms with van der Waals surface area (Å²) in [6.45, 7) is 7.63. The van der Waals surface area contributed by atoms with E-state index in [0.29, 0.717) is 13.1 Å². The van der Waals surface area contributed by atoms with Crippen molar-refractivity contribution in [1.82, 2.24) is 14.8 Å². The number of aromatic amines is 1. The first kappa shape index (κ1) is 17.7. The number of rotatable bonds is 3. The Balaban J connectivity index is 1.47. The predicted molar refractivity (Wildman–Crippen MR) is 104 cm³/mol. The minimum atomic E-state index is -0.942. The van der Waals surface area contributed by atoms with Crippen LogP contribution in [0.5, 0.6) is 0 Å². The van der Waals surface area contributed by atoms with Crippen LogP contribution in [0.1, 0.15) is 18.2 Å². The number of fused-ring (bicyclic) bond motifs is 5. The van der Waals surface area contributed by atoms with E-state index in [1.54, 1.807) is 9.80 Å². The van der Waals surface area contributed by atoms with Crippen LogP contribution in [0.25, 0.3) is 10.9 Å². The Hall–Kier alpha value is -2.38. The van der Waals surface area contributed by atoms with Crippen LogP contribution in [-0.2, 0) is 26.3 Å². The van der Waals surface area contributed by atoms with E-state index in [-0.39, 0.29) is 18.4 Å². The Bertz CT molecular complexity index is 933. The fraction of sp³-hybridized carbons (Fsp3) is 0.524. The number of aromatic nitrogens is 1. The lowest BCUT2D eigenvalue weighted by Crippen LogP contribution is -3.14. The van der Waals surface area contributed by atoms with Crippen molar-refractivity contribution in [3.8, 4) is 0 Å². The lowest BCUT2D eigenvalue weighted by Gasteiger charge is -2.49. The van der Waals surface area contributed by atoms with Crippen molar-refractivity contribution < 1.29 is 19.2 Å². The van der Waals surface area contributed by atoms with Crippen molar-refractivity contribution in [2.45, 2.75) is 18.9 Å². The molecular weight excluding hydrogens is 356 g/mol. The van der Waals surface area contributed by atoms with Gasteiger partial charge in [0.1, 0.15) is 19.6 Å². The van der Waals surface area contributed by atoms with Crippen molar-refractivity contribution in [2.75, 3.05) is 52.5 Å². The summed E-state index contributed by atoms with van der Waals surface area (Å²) in [4.78, 5) is 35.0. The molecule has 2 fully saturated rings. The van der Waals surface area contributed by atoms with Crippen LogP contribution in [0.2, 0.25) is 0 Å². The lowest BCUT2D eigenvalue weighted by atomic mass is 9.83. The van der Waals surface area contributed by atoms with Gasteiger partial charge in [0.2, 0.25) is 5.91 Å². The molecule has 2 saturated heterocycles. The second kappa shape index (κ2) is 6.60. The molecule has 1 atom stereocenters. The molecule has 3 aliphatic rings. The second-order valence-electron chi connectivity index (χ2n) is 8.23. The summed E-state index contributed by atoms with van der Waals surface area (Å²) in [7, 11) is 0. The standard InChI is InChI=1S/C21H26N4O3/c1-21-19-16(15-4-2-3-5-17(15)22-19)6-7-25(21)18(26)14-24(20(21)27)9-8-23-10-12-28-13-11-23/h2-5,22H,6-14H2,1H3/p+1/t21-/m0/s1. The molecule has 0 radical (unpaired) electrons. The summed E-state index contributed by atoms with van der Waals surface area (Å²) in [6, 6.07) is 8.15. The first-order chi connectivity index (χ1) is 13.6. The summed E-state index contributed by atoms with van der Waals surface area (Å²) in [5.41, 5.74) is 2.16. The number of ether oxygens (including phenoxy) is 1. The van der Waals surface area contributed by atoms with Gasteiger partial charge in [-0.2, -0.15) is 0 Å². The zero-order valence-electron chi connectivity index (χ0n) is 16.3. The number of para-hydroxylation sites is 1. The molecule has 148 valence electrons. The molecule has 4 heterocycles. The molecule has 2 N–H and O–H groups in total. The molecule has 1 aromatic carbocycles. The van der Waals surface area contributed by atoms with Crippen molar-refractivity contribution >= 4 is 22.7 Å². The van der Waals surface area contributed by atoms with Gasteiger partial charge >= 0.3 is 0 Å². The number of piperazine rings is 1. The highest BCUT2D eigenvalue weighted by molar-refractivity contribution is 6.00. The molecule has 0 bridgehead atoms.